The van der Waals surface area contributed by atoms with Gasteiger partial charge in [0.1, 0.15) is 34.8 Å². The Balaban J connectivity index is 1.40. The van der Waals surface area contributed by atoms with E-state index in [1.165, 1.54) is 11.6 Å². The Hall–Kier alpha value is -3.78. The summed E-state index contributed by atoms with van der Waals surface area (Å²) in [4.78, 5) is 0. The average Bonchev–Trinajstić information content (AvgIpc) is 2.88. The van der Waals surface area contributed by atoms with E-state index in [1.807, 2.05) is 30.3 Å². The fourth-order valence-corrected chi connectivity index (χ4v) is 4.27. The Morgan fingerprint density at radius 2 is 1.42 bits per heavy atom. The molecule has 0 fully saturated rings. The van der Waals surface area contributed by atoms with Gasteiger partial charge in [-0.3, -0.25) is 0 Å². The van der Waals surface area contributed by atoms with E-state index in [2.05, 4.69) is 19.1 Å². The Labute approximate surface area is 210 Å². The molecule has 0 radical (unpaired) electrons. The van der Waals surface area contributed by atoms with E-state index >= 15 is 4.39 Å². The molecule has 0 saturated heterocycles. The number of hydrogen-bond acceptors (Lipinski definition) is 2. The van der Waals surface area contributed by atoms with Gasteiger partial charge >= 0.3 is 0 Å². The van der Waals surface area contributed by atoms with Crippen molar-refractivity contribution in [2.24, 2.45) is 0 Å². The van der Waals surface area contributed by atoms with E-state index in [9.17, 15) is 8.78 Å². The first-order valence-electron chi connectivity index (χ1n) is 12.3. The highest BCUT2D eigenvalue weighted by Gasteiger charge is 2.13. The van der Waals surface area contributed by atoms with Crippen molar-refractivity contribution in [3.8, 4) is 11.8 Å². The van der Waals surface area contributed by atoms with E-state index in [4.69, 9.17) is 10.00 Å². The van der Waals surface area contributed by atoms with Gasteiger partial charge in [0.15, 0.2) is 0 Å². The molecule has 0 N–H and O–H groups in total. The zero-order valence-electron chi connectivity index (χ0n) is 20.3. The molecule has 0 spiro atoms. The number of unbranched alkanes of at least 4 members (excludes halogenated alkanes) is 1. The molecule has 36 heavy (non-hydrogen) atoms. The Morgan fingerprint density at radius 1 is 0.750 bits per heavy atom. The molecule has 0 aromatic heterocycles. The van der Waals surface area contributed by atoms with E-state index in [0.29, 0.717) is 22.9 Å². The molecular weight excluding hydrogens is 459 g/mol. The van der Waals surface area contributed by atoms with Crippen LogP contribution in [0, 0.1) is 28.8 Å². The van der Waals surface area contributed by atoms with Crippen LogP contribution in [0.3, 0.4) is 0 Å². The summed E-state index contributed by atoms with van der Waals surface area (Å²) in [6, 6.07) is 21.3. The van der Waals surface area contributed by atoms with Crippen LogP contribution in [-0.4, -0.2) is 6.61 Å². The second kappa shape index (κ2) is 11.8. The number of hydrogen-bond donors (Lipinski definition) is 0. The second-order valence-corrected chi connectivity index (χ2v) is 8.99. The Kier molecular flexibility index (Phi) is 8.28. The van der Waals surface area contributed by atoms with Gasteiger partial charge in [-0.05, 0) is 84.0 Å². The SMILES string of the molecule is CCCCOc1ccc(CCc2ccc3c(F)c(CCc4cc(F)c(C#N)c(F)c4)ccc3c2)cc1. The van der Waals surface area contributed by atoms with Gasteiger partial charge in [0.05, 0.1) is 6.61 Å². The highest BCUT2D eigenvalue weighted by atomic mass is 19.1. The van der Waals surface area contributed by atoms with Crippen LogP contribution in [0.2, 0.25) is 0 Å². The monoisotopic (exact) mass is 487 g/mol. The molecule has 0 aliphatic carbocycles. The molecule has 2 nitrogen and oxygen atoms in total. The van der Waals surface area contributed by atoms with Crippen molar-refractivity contribution >= 4 is 10.8 Å². The van der Waals surface area contributed by atoms with Crippen LogP contribution in [0.25, 0.3) is 10.8 Å². The molecule has 4 rings (SSSR count). The van der Waals surface area contributed by atoms with E-state index in [1.54, 1.807) is 12.1 Å². The summed E-state index contributed by atoms with van der Waals surface area (Å²) in [7, 11) is 0. The summed E-state index contributed by atoms with van der Waals surface area (Å²) < 4.78 is 48.6. The number of ether oxygens (including phenoxy) is 1. The molecule has 184 valence electrons. The lowest BCUT2D eigenvalue weighted by Crippen LogP contribution is -1.99. The molecule has 5 heteroatoms. The number of benzene rings is 4. The Bertz CT molecular complexity index is 1370. The average molecular weight is 488 g/mol. The van der Waals surface area contributed by atoms with Crippen molar-refractivity contribution in [1.82, 2.24) is 0 Å². The van der Waals surface area contributed by atoms with Crippen molar-refractivity contribution in [2.45, 2.75) is 45.4 Å². The fourth-order valence-electron chi connectivity index (χ4n) is 4.27. The van der Waals surface area contributed by atoms with E-state index in [0.717, 1.165) is 61.1 Å². The van der Waals surface area contributed by atoms with Crippen LogP contribution < -0.4 is 4.74 Å². The summed E-state index contributed by atoms with van der Waals surface area (Å²) in [5, 5.41) is 10.2. The topological polar surface area (TPSA) is 33.0 Å². The molecule has 0 unspecified atom stereocenters. The fraction of sp³-hybridized carbons (Fsp3) is 0.258. The van der Waals surface area contributed by atoms with Gasteiger partial charge < -0.3 is 4.74 Å². The summed E-state index contributed by atoms with van der Waals surface area (Å²) in [6.45, 7) is 2.87. The first-order chi connectivity index (χ1) is 17.5. The van der Waals surface area contributed by atoms with Gasteiger partial charge in [-0.2, -0.15) is 5.26 Å². The zero-order valence-corrected chi connectivity index (χ0v) is 20.3. The van der Waals surface area contributed by atoms with Crippen molar-refractivity contribution in [3.63, 3.8) is 0 Å². The first kappa shape index (κ1) is 25.3. The molecule has 0 amide bonds. The van der Waals surface area contributed by atoms with Crippen LogP contribution in [0.4, 0.5) is 13.2 Å². The van der Waals surface area contributed by atoms with Crippen LogP contribution >= 0.6 is 0 Å². The number of halogens is 3. The summed E-state index contributed by atoms with van der Waals surface area (Å²) in [6.07, 6.45) is 4.43. The summed E-state index contributed by atoms with van der Waals surface area (Å²) in [5.74, 6) is -1.21. The lowest BCUT2D eigenvalue weighted by atomic mass is 9.97. The largest absolute Gasteiger partial charge is 0.494 e. The van der Waals surface area contributed by atoms with Gasteiger partial charge in [-0.25, -0.2) is 13.2 Å². The molecule has 0 aliphatic rings. The van der Waals surface area contributed by atoms with Gasteiger partial charge in [-0.1, -0.05) is 55.8 Å². The third-order valence-corrected chi connectivity index (χ3v) is 6.39. The third-order valence-electron chi connectivity index (χ3n) is 6.39. The van der Waals surface area contributed by atoms with Crippen LogP contribution in [0.15, 0.2) is 66.7 Å². The number of rotatable bonds is 10. The number of aryl methyl sites for hydroxylation is 4. The number of fused-ring (bicyclic) bond motifs is 1. The molecule has 4 aromatic rings. The maximum Gasteiger partial charge on any atom is 0.144 e. The number of nitrogens with zero attached hydrogens (tertiary/aromatic N) is 1. The van der Waals surface area contributed by atoms with Gasteiger partial charge in [0.25, 0.3) is 0 Å². The normalized spacial score (nSPS) is 11.0. The smallest absolute Gasteiger partial charge is 0.144 e. The quantitative estimate of drug-likeness (QED) is 0.213. The predicted octanol–water partition coefficient (Wildman–Crippen LogP) is 7.88. The molecular formula is C31H28F3NO. The maximum atomic E-state index is 15.2. The molecule has 0 bridgehead atoms. The standard InChI is InChI=1S/C31H28F3NO/c1-2-3-16-36-26-13-7-21(8-14-26)4-5-22-9-15-27-25(17-22)12-11-24(31(27)34)10-6-23-18-29(32)28(20-35)30(33)19-23/h7-9,11-15,17-19H,2-6,10,16H2,1H3. The number of nitriles is 1. The summed E-state index contributed by atoms with van der Waals surface area (Å²) >= 11 is 0. The van der Waals surface area contributed by atoms with E-state index < -0.39 is 17.2 Å². The highest BCUT2D eigenvalue weighted by molar-refractivity contribution is 5.84. The van der Waals surface area contributed by atoms with Gasteiger partial charge in [0, 0.05) is 5.39 Å². The molecule has 0 atom stereocenters. The minimum Gasteiger partial charge on any atom is -0.494 e. The lowest BCUT2D eigenvalue weighted by Gasteiger charge is -2.10. The van der Waals surface area contributed by atoms with E-state index in [-0.39, 0.29) is 12.2 Å². The van der Waals surface area contributed by atoms with Crippen molar-refractivity contribution < 1.29 is 17.9 Å². The van der Waals surface area contributed by atoms with Gasteiger partial charge in [-0.15, -0.1) is 0 Å². The summed E-state index contributed by atoms with van der Waals surface area (Å²) in [5.41, 5.74) is 2.62. The highest BCUT2D eigenvalue weighted by Crippen LogP contribution is 2.25. The molecule has 0 aliphatic heterocycles. The maximum absolute atomic E-state index is 15.2. The lowest BCUT2D eigenvalue weighted by molar-refractivity contribution is 0.309. The minimum absolute atomic E-state index is 0.266. The van der Waals surface area contributed by atoms with Gasteiger partial charge in [0.2, 0.25) is 0 Å². The molecule has 0 heterocycles. The molecule has 4 aromatic carbocycles. The van der Waals surface area contributed by atoms with Crippen LogP contribution in [0.1, 0.15) is 47.6 Å². The zero-order chi connectivity index (χ0) is 25.5. The third kappa shape index (κ3) is 6.07. The Morgan fingerprint density at radius 3 is 2.11 bits per heavy atom. The van der Waals surface area contributed by atoms with Crippen LogP contribution in [-0.2, 0) is 25.7 Å². The van der Waals surface area contributed by atoms with Crippen molar-refractivity contribution in [2.75, 3.05) is 6.61 Å². The predicted molar refractivity (Wildman–Crippen MR) is 137 cm³/mol. The van der Waals surface area contributed by atoms with Crippen molar-refractivity contribution in [1.29, 1.82) is 5.26 Å². The van der Waals surface area contributed by atoms with Crippen molar-refractivity contribution in [3.05, 3.63) is 112 Å². The molecule has 0 saturated carbocycles. The second-order valence-electron chi connectivity index (χ2n) is 8.99. The minimum atomic E-state index is -0.893. The first-order valence-corrected chi connectivity index (χ1v) is 12.3. The van der Waals surface area contributed by atoms with Crippen LogP contribution in [0.5, 0.6) is 5.75 Å².